The van der Waals surface area contributed by atoms with Crippen molar-refractivity contribution >= 4 is 5.91 Å². The third-order valence-corrected chi connectivity index (χ3v) is 4.22. The lowest BCUT2D eigenvalue weighted by atomic mass is 10.0. The number of fused-ring (bicyclic) bond motifs is 1. The largest absolute Gasteiger partial charge is 0.493 e. The van der Waals surface area contributed by atoms with E-state index in [1.807, 2.05) is 0 Å². The van der Waals surface area contributed by atoms with E-state index < -0.39 is 30.3 Å². The van der Waals surface area contributed by atoms with Gasteiger partial charge in [-0.05, 0) is 29.8 Å². The highest BCUT2D eigenvalue weighted by Crippen LogP contribution is 2.40. The molecule has 2 aromatic rings. The third kappa shape index (κ3) is 4.14. The Bertz CT molecular complexity index is 835. The number of halogens is 3. The lowest BCUT2D eigenvalue weighted by Crippen LogP contribution is -2.31. The van der Waals surface area contributed by atoms with Crippen LogP contribution in [-0.2, 0) is 6.18 Å². The smallest absolute Gasteiger partial charge is 0.416 e. The zero-order valence-corrected chi connectivity index (χ0v) is 14.9. The Kier molecular flexibility index (Phi) is 5.64. The van der Waals surface area contributed by atoms with Crippen molar-refractivity contribution in [3.63, 3.8) is 0 Å². The molecule has 0 radical (unpaired) electrons. The summed E-state index contributed by atoms with van der Waals surface area (Å²) in [5.74, 6) is 0.518. The highest BCUT2D eigenvalue weighted by atomic mass is 19.4. The number of ether oxygens (including phenoxy) is 3. The van der Waals surface area contributed by atoms with Gasteiger partial charge in [0, 0.05) is 5.56 Å². The molecule has 1 aliphatic rings. The predicted molar refractivity (Wildman–Crippen MR) is 92.7 cm³/mol. The lowest BCUT2D eigenvalue weighted by molar-refractivity contribution is -0.137. The van der Waals surface area contributed by atoms with Crippen LogP contribution in [0.5, 0.6) is 17.2 Å². The molecule has 0 aliphatic carbocycles. The molecule has 0 fully saturated rings. The minimum Gasteiger partial charge on any atom is -0.493 e. The standard InChI is InChI=1S/C19H18F3NO5/c1-26-15-8-12(9-16-17(15)28-7-6-27-16)18(25)23-14(10-24)11-2-4-13(5-3-11)19(20,21)22/h2-5,8-9,14,24H,6-7,10H2,1H3,(H,23,25)/t14-/m1/s1. The van der Waals surface area contributed by atoms with E-state index in [1.165, 1.54) is 31.4 Å². The molecule has 150 valence electrons. The summed E-state index contributed by atoms with van der Waals surface area (Å²) in [5, 5.41) is 12.2. The van der Waals surface area contributed by atoms with Gasteiger partial charge in [0.15, 0.2) is 11.5 Å². The number of aliphatic hydroxyl groups excluding tert-OH is 1. The average Bonchev–Trinajstić information content (AvgIpc) is 2.70. The van der Waals surface area contributed by atoms with E-state index in [0.29, 0.717) is 36.0 Å². The van der Waals surface area contributed by atoms with Crippen LogP contribution < -0.4 is 19.5 Å². The Labute approximate surface area is 158 Å². The third-order valence-electron chi connectivity index (χ3n) is 4.22. The van der Waals surface area contributed by atoms with Crippen molar-refractivity contribution in [1.29, 1.82) is 0 Å². The van der Waals surface area contributed by atoms with Gasteiger partial charge in [-0.3, -0.25) is 4.79 Å². The number of methoxy groups -OCH3 is 1. The summed E-state index contributed by atoms with van der Waals surface area (Å²) in [5.41, 5.74) is -0.268. The van der Waals surface area contributed by atoms with Crippen molar-refractivity contribution in [2.45, 2.75) is 12.2 Å². The molecule has 0 saturated carbocycles. The van der Waals surface area contributed by atoms with Crippen LogP contribution in [0.25, 0.3) is 0 Å². The van der Waals surface area contributed by atoms with E-state index in [9.17, 15) is 23.1 Å². The van der Waals surface area contributed by atoms with E-state index in [-0.39, 0.29) is 5.56 Å². The molecule has 2 N–H and O–H groups in total. The Morgan fingerprint density at radius 1 is 1.21 bits per heavy atom. The molecule has 0 aromatic heterocycles. The SMILES string of the molecule is COc1cc(C(=O)N[C@H](CO)c2ccc(C(F)(F)F)cc2)cc2c1OCCO2. The number of alkyl halides is 3. The number of nitrogens with one attached hydrogen (secondary N) is 1. The zero-order valence-electron chi connectivity index (χ0n) is 14.9. The molecule has 0 spiro atoms. The minimum atomic E-state index is -4.46. The number of amides is 1. The summed E-state index contributed by atoms with van der Waals surface area (Å²) >= 11 is 0. The maximum Gasteiger partial charge on any atom is 0.416 e. The second kappa shape index (κ2) is 7.97. The quantitative estimate of drug-likeness (QED) is 0.811. The first-order chi connectivity index (χ1) is 13.3. The summed E-state index contributed by atoms with van der Waals surface area (Å²) in [6, 6.07) is 6.29. The fraction of sp³-hybridized carbons (Fsp3) is 0.316. The van der Waals surface area contributed by atoms with Gasteiger partial charge >= 0.3 is 6.18 Å². The van der Waals surface area contributed by atoms with Crippen LogP contribution in [0, 0.1) is 0 Å². The maximum atomic E-state index is 12.7. The fourth-order valence-electron chi connectivity index (χ4n) is 2.78. The first kappa shape index (κ1) is 19.8. The van der Waals surface area contributed by atoms with E-state index in [4.69, 9.17) is 14.2 Å². The van der Waals surface area contributed by atoms with Crippen molar-refractivity contribution in [2.24, 2.45) is 0 Å². The minimum absolute atomic E-state index is 0.200. The molecular weight excluding hydrogens is 379 g/mol. The van der Waals surface area contributed by atoms with Crippen LogP contribution in [0.2, 0.25) is 0 Å². The summed E-state index contributed by atoms with van der Waals surface area (Å²) in [4.78, 5) is 12.6. The Morgan fingerprint density at radius 3 is 2.50 bits per heavy atom. The van der Waals surface area contributed by atoms with Gasteiger partial charge in [0.05, 0.1) is 25.3 Å². The van der Waals surface area contributed by atoms with Crippen molar-refractivity contribution in [1.82, 2.24) is 5.32 Å². The molecule has 3 rings (SSSR count). The molecule has 9 heteroatoms. The molecular formula is C19H18F3NO5. The maximum absolute atomic E-state index is 12.7. The molecule has 1 heterocycles. The van der Waals surface area contributed by atoms with Crippen LogP contribution in [-0.4, -0.2) is 37.9 Å². The molecule has 28 heavy (non-hydrogen) atoms. The number of aliphatic hydroxyl groups is 1. The van der Waals surface area contributed by atoms with E-state index >= 15 is 0 Å². The highest BCUT2D eigenvalue weighted by Gasteiger charge is 2.30. The van der Waals surface area contributed by atoms with Crippen LogP contribution >= 0.6 is 0 Å². The number of carbonyl (C=O) groups is 1. The summed E-state index contributed by atoms with van der Waals surface area (Å²) in [6.07, 6.45) is -4.46. The Balaban J connectivity index is 1.81. The number of carbonyl (C=O) groups excluding carboxylic acids is 1. The second-order valence-electron chi connectivity index (χ2n) is 6.03. The number of hydrogen-bond donors (Lipinski definition) is 2. The van der Waals surface area contributed by atoms with Crippen molar-refractivity contribution < 1.29 is 37.3 Å². The zero-order chi connectivity index (χ0) is 20.3. The molecule has 1 atom stereocenters. The van der Waals surface area contributed by atoms with Gasteiger partial charge in [-0.1, -0.05) is 12.1 Å². The average molecular weight is 397 g/mol. The molecule has 2 aromatic carbocycles. The predicted octanol–water partition coefficient (Wildman–Crippen LogP) is 2.95. The Hall–Kier alpha value is -2.94. The molecule has 0 bridgehead atoms. The normalized spacial score (nSPS) is 14.3. The van der Waals surface area contributed by atoms with Gasteiger partial charge in [0.25, 0.3) is 5.91 Å². The fourth-order valence-corrected chi connectivity index (χ4v) is 2.78. The van der Waals surface area contributed by atoms with Crippen LogP contribution in [0.3, 0.4) is 0 Å². The van der Waals surface area contributed by atoms with Crippen molar-refractivity contribution in [3.05, 3.63) is 53.1 Å². The molecule has 1 amide bonds. The number of benzene rings is 2. The summed E-state index contributed by atoms with van der Waals surface area (Å²) in [6.45, 7) is 0.195. The first-order valence-corrected chi connectivity index (χ1v) is 8.40. The second-order valence-corrected chi connectivity index (χ2v) is 6.03. The molecule has 0 unspecified atom stereocenters. The van der Waals surface area contributed by atoms with Gasteiger partial charge in [-0.25, -0.2) is 0 Å². The summed E-state index contributed by atoms with van der Waals surface area (Å²) in [7, 11) is 1.42. The van der Waals surface area contributed by atoms with Gasteiger partial charge < -0.3 is 24.6 Å². The summed E-state index contributed by atoms with van der Waals surface area (Å²) < 4.78 is 54.2. The number of rotatable bonds is 5. The van der Waals surface area contributed by atoms with Gasteiger partial charge in [-0.15, -0.1) is 0 Å². The van der Waals surface area contributed by atoms with Crippen LogP contribution in [0.15, 0.2) is 36.4 Å². The lowest BCUT2D eigenvalue weighted by Gasteiger charge is -2.22. The highest BCUT2D eigenvalue weighted by molar-refractivity contribution is 5.96. The number of hydrogen-bond acceptors (Lipinski definition) is 5. The van der Waals surface area contributed by atoms with Gasteiger partial charge in [0.1, 0.15) is 13.2 Å². The van der Waals surface area contributed by atoms with E-state index in [2.05, 4.69) is 5.32 Å². The van der Waals surface area contributed by atoms with Crippen molar-refractivity contribution in [2.75, 3.05) is 26.9 Å². The monoisotopic (exact) mass is 397 g/mol. The van der Waals surface area contributed by atoms with E-state index in [1.54, 1.807) is 0 Å². The van der Waals surface area contributed by atoms with Gasteiger partial charge in [0.2, 0.25) is 5.75 Å². The Morgan fingerprint density at radius 2 is 1.89 bits per heavy atom. The van der Waals surface area contributed by atoms with Crippen LogP contribution in [0.4, 0.5) is 13.2 Å². The molecule has 0 saturated heterocycles. The van der Waals surface area contributed by atoms with Crippen molar-refractivity contribution in [3.8, 4) is 17.2 Å². The van der Waals surface area contributed by atoms with Gasteiger partial charge in [-0.2, -0.15) is 13.2 Å². The molecule has 1 aliphatic heterocycles. The first-order valence-electron chi connectivity index (χ1n) is 8.40. The topological polar surface area (TPSA) is 77.0 Å². The van der Waals surface area contributed by atoms with E-state index in [0.717, 1.165) is 12.1 Å². The van der Waals surface area contributed by atoms with Crippen LogP contribution in [0.1, 0.15) is 27.5 Å². The molecule has 6 nitrogen and oxygen atoms in total.